The molecule has 32 heavy (non-hydrogen) atoms. The minimum Gasteiger partial charge on any atom is -0.495 e. The Balaban J connectivity index is 1.76. The molecule has 0 radical (unpaired) electrons. The van der Waals surface area contributed by atoms with Crippen molar-refractivity contribution in [2.45, 2.75) is 6.92 Å². The second kappa shape index (κ2) is 10.0. The molecule has 0 aliphatic carbocycles. The summed E-state index contributed by atoms with van der Waals surface area (Å²) >= 11 is 0. The highest BCUT2D eigenvalue weighted by atomic mass is 32.2. The van der Waals surface area contributed by atoms with E-state index in [1.165, 1.54) is 19.2 Å². The predicted octanol–water partition coefficient (Wildman–Crippen LogP) is 1.88. The number of ether oxygens (including phenoxy) is 2. The van der Waals surface area contributed by atoms with Crippen LogP contribution in [0.25, 0.3) is 0 Å². The minimum atomic E-state index is -3.75. The van der Waals surface area contributed by atoms with Gasteiger partial charge in [-0.05, 0) is 48.9 Å². The molecule has 2 aromatic carbocycles. The number of nitrogens with zero attached hydrogens (tertiary/aromatic N) is 2. The molecule has 1 fully saturated rings. The molecule has 1 saturated heterocycles. The molecular weight excluding hydrogens is 434 g/mol. The quantitative estimate of drug-likeness (QED) is 0.675. The van der Waals surface area contributed by atoms with Crippen molar-refractivity contribution in [3.63, 3.8) is 0 Å². The van der Waals surface area contributed by atoms with Crippen molar-refractivity contribution in [2.75, 3.05) is 55.8 Å². The number of sulfonamides is 1. The summed E-state index contributed by atoms with van der Waals surface area (Å²) in [5.74, 6) is -0.191. The van der Waals surface area contributed by atoms with Crippen molar-refractivity contribution < 1.29 is 27.5 Å². The van der Waals surface area contributed by atoms with Crippen LogP contribution in [-0.4, -0.2) is 71.3 Å². The topological polar surface area (TPSA) is 105 Å². The number of carbonyl (C=O) groups is 2. The highest BCUT2D eigenvalue weighted by molar-refractivity contribution is 7.92. The fourth-order valence-electron chi connectivity index (χ4n) is 3.36. The van der Waals surface area contributed by atoms with E-state index in [9.17, 15) is 18.0 Å². The summed E-state index contributed by atoms with van der Waals surface area (Å²) < 4.78 is 36.3. The zero-order chi connectivity index (χ0) is 23.3. The van der Waals surface area contributed by atoms with Crippen LogP contribution in [0.3, 0.4) is 0 Å². The summed E-state index contributed by atoms with van der Waals surface area (Å²) in [6.07, 6.45) is 1.03. The first-order chi connectivity index (χ1) is 15.2. The molecule has 3 rings (SSSR count). The van der Waals surface area contributed by atoms with Crippen LogP contribution >= 0.6 is 0 Å². The van der Waals surface area contributed by atoms with E-state index in [0.29, 0.717) is 43.3 Å². The average molecular weight is 462 g/mol. The maximum Gasteiger partial charge on any atom is 0.254 e. The van der Waals surface area contributed by atoms with E-state index in [4.69, 9.17) is 9.47 Å². The van der Waals surface area contributed by atoms with Crippen molar-refractivity contribution in [3.05, 3.63) is 53.6 Å². The van der Waals surface area contributed by atoms with Gasteiger partial charge in [0.25, 0.3) is 5.91 Å². The predicted molar refractivity (Wildman–Crippen MR) is 122 cm³/mol. The van der Waals surface area contributed by atoms with E-state index in [1.54, 1.807) is 29.2 Å². The number of anilines is 2. The summed E-state index contributed by atoms with van der Waals surface area (Å²) in [6, 6.07) is 11.5. The molecule has 1 heterocycles. The first-order valence-electron chi connectivity index (χ1n) is 10.1. The van der Waals surface area contributed by atoms with E-state index < -0.39 is 22.5 Å². The van der Waals surface area contributed by atoms with Gasteiger partial charge in [-0.2, -0.15) is 0 Å². The van der Waals surface area contributed by atoms with E-state index in [-0.39, 0.29) is 11.6 Å². The molecular formula is C22H27N3O6S. The fourth-order valence-corrected chi connectivity index (χ4v) is 4.22. The Kier molecular flexibility index (Phi) is 7.37. The van der Waals surface area contributed by atoms with Crippen LogP contribution in [0.5, 0.6) is 5.75 Å². The maximum atomic E-state index is 12.7. The second-order valence-corrected chi connectivity index (χ2v) is 9.38. The van der Waals surface area contributed by atoms with Gasteiger partial charge in [-0.1, -0.05) is 6.07 Å². The molecule has 0 spiro atoms. The second-order valence-electron chi connectivity index (χ2n) is 7.47. The molecule has 0 aromatic heterocycles. The highest BCUT2D eigenvalue weighted by Crippen LogP contribution is 2.26. The van der Waals surface area contributed by atoms with Gasteiger partial charge >= 0.3 is 0 Å². The minimum absolute atomic E-state index is 0.143. The number of nitrogens with one attached hydrogen (secondary N) is 1. The van der Waals surface area contributed by atoms with Gasteiger partial charge in [-0.3, -0.25) is 13.9 Å². The SMILES string of the molecule is COc1ccc(C)cc1NC(=O)CN(c1ccc(C(=O)N2CCOCC2)cc1)S(C)(=O)=O. The van der Waals surface area contributed by atoms with Crippen LogP contribution in [0.2, 0.25) is 0 Å². The smallest absolute Gasteiger partial charge is 0.254 e. The lowest BCUT2D eigenvalue weighted by Gasteiger charge is -2.27. The van der Waals surface area contributed by atoms with Gasteiger partial charge in [0.05, 0.1) is 38.0 Å². The van der Waals surface area contributed by atoms with Crippen molar-refractivity contribution in [2.24, 2.45) is 0 Å². The van der Waals surface area contributed by atoms with Crippen molar-refractivity contribution in [1.82, 2.24) is 4.90 Å². The van der Waals surface area contributed by atoms with Crippen LogP contribution in [0.15, 0.2) is 42.5 Å². The number of morpholine rings is 1. The van der Waals surface area contributed by atoms with Gasteiger partial charge in [0.1, 0.15) is 12.3 Å². The highest BCUT2D eigenvalue weighted by Gasteiger charge is 2.23. The van der Waals surface area contributed by atoms with Crippen LogP contribution in [-0.2, 0) is 19.6 Å². The largest absolute Gasteiger partial charge is 0.495 e. The van der Waals surface area contributed by atoms with E-state index in [1.807, 2.05) is 13.0 Å². The average Bonchev–Trinajstić information content (AvgIpc) is 2.77. The number of benzene rings is 2. The van der Waals surface area contributed by atoms with Gasteiger partial charge in [0.2, 0.25) is 15.9 Å². The summed E-state index contributed by atoms with van der Waals surface area (Å²) in [7, 11) is -2.26. The normalized spacial score (nSPS) is 14.0. The van der Waals surface area contributed by atoms with Gasteiger partial charge in [-0.15, -0.1) is 0 Å². The number of carbonyl (C=O) groups excluding carboxylic acids is 2. The fraction of sp³-hybridized carbons (Fsp3) is 0.364. The lowest BCUT2D eigenvalue weighted by molar-refractivity contribution is -0.114. The first kappa shape index (κ1) is 23.6. The van der Waals surface area contributed by atoms with Crippen LogP contribution < -0.4 is 14.4 Å². The molecule has 1 aliphatic rings. The maximum absolute atomic E-state index is 12.7. The molecule has 2 aromatic rings. The third-order valence-corrected chi connectivity index (χ3v) is 6.16. The van der Waals surface area contributed by atoms with Crippen LogP contribution in [0, 0.1) is 6.92 Å². The third-order valence-electron chi connectivity index (χ3n) is 5.02. The molecule has 0 bridgehead atoms. The van der Waals surface area contributed by atoms with E-state index >= 15 is 0 Å². The number of rotatable bonds is 7. The van der Waals surface area contributed by atoms with Crippen LogP contribution in [0.1, 0.15) is 15.9 Å². The summed E-state index contributed by atoms with van der Waals surface area (Å²) in [6.45, 7) is 3.46. The number of methoxy groups -OCH3 is 1. The molecule has 172 valence electrons. The molecule has 0 saturated carbocycles. The Morgan fingerprint density at radius 3 is 2.38 bits per heavy atom. The lowest BCUT2D eigenvalue weighted by Crippen LogP contribution is -2.40. The molecule has 1 aliphatic heterocycles. The zero-order valence-corrected chi connectivity index (χ0v) is 19.1. The Hall–Kier alpha value is -3.11. The van der Waals surface area contributed by atoms with Gasteiger partial charge in [0.15, 0.2) is 0 Å². The van der Waals surface area contributed by atoms with Crippen molar-refractivity contribution in [1.29, 1.82) is 0 Å². The van der Waals surface area contributed by atoms with Crippen molar-refractivity contribution in [3.8, 4) is 5.75 Å². The lowest BCUT2D eigenvalue weighted by atomic mass is 10.1. The van der Waals surface area contributed by atoms with Crippen LogP contribution in [0.4, 0.5) is 11.4 Å². The molecule has 0 unspecified atom stereocenters. The van der Waals surface area contributed by atoms with Crippen molar-refractivity contribution >= 4 is 33.2 Å². The number of amides is 2. The van der Waals surface area contributed by atoms with Gasteiger partial charge in [-0.25, -0.2) is 8.42 Å². The Morgan fingerprint density at radius 2 is 1.78 bits per heavy atom. The van der Waals surface area contributed by atoms with Gasteiger partial charge < -0.3 is 19.7 Å². The molecule has 1 N–H and O–H groups in total. The van der Waals surface area contributed by atoms with Gasteiger partial charge in [0, 0.05) is 18.7 Å². The van der Waals surface area contributed by atoms with E-state index in [2.05, 4.69) is 5.32 Å². The van der Waals surface area contributed by atoms with E-state index in [0.717, 1.165) is 16.1 Å². The molecule has 0 atom stereocenters. The number of hydrogen-bond donors (Lipinski definition) is 1. The Labute approximate surface area is 188 Å². The third kappa shape index (κ3) is 5.77. The summed E-state index contributed by atoms with van der Waals surface area (Å²) in [5.41, 5.74) is 2.11. The summed E-state index contributed by atoms with van der Waals surface area (Å²) in [5, 5.41) is 2.70. The standard InChI is InChI=1S/C22H27N3O6S/c1-16-4-9-20(30-2)19(14-16)23-21(26)15-25(32(3,28)29)18-7-5-17(6-8-18)22(27)24-10-12-31-13-11-24/h4-9,14H,10-13,15H2,1-3H3,(H,23,26). The molecule has 2 amide bonds. The summed E-state index contributed by atoms with van der Waals surface area (Å²) in [4.78, 5) is 27.0. The molecule has 9 nitrogen and oxygen atoms in total. The number of hydrogen-bond acceptors (Lipinski definition) is 6. The zero-order valence-electron chi connectivity index (χ0n) is 18.3. The first-order valence-corrected chi connectivity index (χ1v) is 11.9. The molecule has 10 heteroatoms. The Morgan fingerprint density at radius 1 is 1.12 bits per heavy atom. The monoisotopic (exact) mass is 461 g/mol. The number of aryl methyl sites for hydroxylation is 1. The Bertz CT molecular complexity index is 1080.